The zero-order chi connectivity index (χ0) is 10.7. The summed E-state index contributed by atoms with van der Waals surface area (Å²) in [5.41, 5.74) is 9.88. The zero-order valence-electron chi connectivity index (χ0n) is 9.42. The van der Waals surface area contributed by atoms with Crippen LogP contribution in [-0.4, -0.2) is 13.1 Å². The number of nitrogens with one attached hydrogen (secondary N) is 1. The van der Waals surface area contributed by atoms with Gasteiger partial charge < -0.3 is 11.1 Å². The van der Waals surface area contributed by atoms with Crippen LogP contribution in [0.5, 0.6) is 0 Å². The molecule has 1 aromatic rings. The smallest absolute Gasteiger partial charge is 0.0326 e. The Kier molecular flexibility index (Phi) is 3.39. The van der Waals surface area contributed by atoms with Gasteiger partial charge in [-0.1, -0.05) is 23.8 Å². The lowest BCUT2D eigenvalue weighted by Gasteiger charge is -2.14. The van der Waals surface area contributed by atoms with E-state index in [1.54, 1.807) is 0 Å². The van der Waals surface area contributed by atoms with Gasteiger partial charge in [0, 0.05) is 6.04 Å². The van der Waals surface area contributed by atoms with Crippen molar-refractivity contribution in [2.75, 3.05) is 13.1 Å². The van der Waals surface area contributed by atoms with Crippen molar-refractivity contribution >= 4 is 0 Å². The maximum Gasteiger partial charge on any atom is 0.0326 e. The molecule has 0 heterocycles. The lowest BCUT2D eigenvalue weighted by Crippen LogP contribution is -2.22. The summed E-state index contributed by atoms with van der Waals surface area (Å²) >= 11 is 0. The molecule has 1 aliphatic rings. The van der Waals surface area contributed by atoms with Gasteiger partial charge in [0.15, 0.2) is 0 Å². The van der Waals surface area contributed by atoms with Crippen molar-refractivity contribution in [3.8, 4) is 0 Å². The van der Waals surface area contributed by atoms with Gasteiger partial charge in [-0.3, -0.25) is 0 Å². The molecule has 0 radical (unpaired) electrons. The highest BCUT2D eigenvalue weighted by Crippen LogP contribution is 2.31. The number of rotatable bonds is 4. The van der Waals surface area contributed by atoms with Gasteiger partial charge in [0.1, 0.15) is 0 Å². The van der Waals surface area contributed by atoms with Gasteiger partial charge in [-0.2, -0.15) is 0 Å². The fourth-order valence-corrected chi connectivity index (χ4v) is 2.31. The van der Waals surface area contributed by atoms with Crippen LogP contribution in [0.25, 0.3) is 0 Å². The third-order valence-corrected chi connectivity index (χ3v) is 3.15. The van der Waals surface area contributed by atoms with E-state index in [0.717, 1.165) is 19.5 Å². The first kappa shape index (κ1) is 10.7. The van der Waals surface area contributed by atoms with Crippen LogP contribution in [0.3, 0.4) is 0 Å². The quantitative estimate of drug-likeness (QED) is 0.735. The number of fused-ring (bicyclic) bond motifs is 1. The number of nitrogens with two attached hydrogens (primary N) is 1. The van der Waals surface area contributed by atoms with Gasteiger partial charge in [-0.25, -0.2) is 0 Å². The van der Waals surface area contributed by atoms with Crippen molar-refractivity contribution in [1.82, 2.24) is 5.32 Å². The molecule has 1 unspecified atom stereocenters. The molecule has 0 spiro atoms. The minimum atomic E-state index is 0.562. The monoisotopic (exact) mass is 204 g/mol. The second-order valence-electron chi connectivity index (χ2n) is 4.39. The third-order valence-electron chi connectivity index (χ3n) is 3.15. The maximum atomic E-state index is 5.49. The second-order valence-corrected chi connectivity index (χ2v) is 4.39. The van der Waals surface area contributed by atoms with Crippen molar-refractivity contribution in [3.05, 3.63) is 34.9 Å². The molecule has 1 atom stereocenters. The van der Waals surface area contributed by atoms with Crippen LogP contribution >= 0.6 is 0 Å². The Labute approximate surface area is 91.9 Å². The van der Waals surface area contributed by atoms with E-state index in [1.165, 1.54) is 29.5 Å². The summed E-state index contributed by atoms with van der Waals surface area (Å²) in [6.07, 6.45) is 3.52. The van der Waals surface area contributed by atoms with Crippen LogP contribution in [0.4, 0.5) is 0 Å². The van der Waals surface area contributed by atoms with Gasteiger partial charge in [0.2, 0.25) is 0 Å². The minimum absolute atomic E-state index is 0.562. The molecule has 2 rings (SSSR count). The Morgan fingerprint density at radius 2 is 2.33 bits per heavy atom. The molecule has 0 saturated carbocycles. The molecule has 2 heteroatoms. The molecule has 1 aliphatic carbocycles. The summed E-state index contributed by atoms with van der Waals surface area (Å²) in [5, 5.41) is 3.59. The summed E-state index contributed by atoms with van der Waals surface area (Å²) in [6, 6.07) is 7.37. The van der Waals surface area contributed by atoms with Gasteiger partial charge in [-0.15, -0.1) is 0 Å². The van der Waals surface area contributed by atoms with Crippen LogP contribution in [0.2, 0.25) is 0 Å². The molecule has 2 nitrogen and oxygen atoms in total. The summed E-state index contributed by atoms with van der Waals surface area (Å²) in [5.74, 6) is 0. The molecule has 1 aromatic carbocycles. The predicted octanol–water partition coefficient (Wildman–Crippen LogP) is 1.92. The van der Waals surface area contributed by atoms with Crippen LogP contribution in [0.15, 0.2) is 18.2 Å². The van der Waals surface area contributed by atoms with E-state index in [9.17, 15) is 0 Å². The van der Waals surface area contributed by atoms with Crippen molar-refractivity contribution in [2.24, 2.45) is 5.73 Å². The van der Waals surface area contributed by atoms with E-state index < -0.39 is 0 Å². The van der Waals surface area contributed by atoms with E-state index in [0.29, 0.717) is 6.04 Å². The SMILES string of the molecule is Cc1ccc2c(c1)C(NCCCN)CC2. The Morgan fingerprint density at radius 1 is 1.47 bits per heavy atom. The molecule has 0 amide bonds. The van der Waals surface area contributed by atoms with E-state index in [-0.39, 0.29) is 0 Å². The van der Waals surface area contributed by atoms with E-state index in [1.807, 2.05) is 0 Å². The predicted molar refractivity (Wildman–Crippen MR) is 63.9 cm³/mol. The largest absolute Gasteiger partial charge is 0.330 e. The molecular formula is C13H20N2. The molecule has 15 heavy (non-hydrogen) atoms. The molecule has 0 bridgehead atoms. The lowest BCUT2D eigenvalue weighted by atomic mass is 10.1. The van der Waals surface area contributed by atoms with E-state index in [4.69, 9.17) is 5.73 Å². The highest BCUT2D eigenvalue weighted by atomic mass is 14.9. The highest BCUT2D eigenvalue weighted by Gasteiger charge is 2.21. The Bertz CT molecular complexity index is 333. The summed E-state index contributed by atoms with van der Waals surface area (Å²) in [7, 11) is 0. The van der Waals surface area contributed by atoms with Crippen molar-refractivity contribution < 1.29 is 0 Å². The first-order valence-corrected chi connectivity index (χ1v) is 5.84. The Balaban J connectivity index is 2.03. The van der Waals surface area contributed by atoms with Crippen molar-refractivity contribution in [1.29, 1.82) is 0 Å². The molecule has 0 aromatic heterocycles. The van der Waals surface area contributed by atoms with Crippen molar-refractivity contribution in [3.63, 3.8) is 0 Å². The lowest BCUT2D eigenvalue weighted by molar-refractivity contribution is 0.523. The van der Waals surface area contributed by atoms with Gasteiger partial charge in [0.25, 0.3) is 0 Å². The third kappa shape index (κ3) is 2.39. The molecule has 0 saturated heterocycles. The molecule has 3 N–H and O–H groups in total. The zero-order valence-corrected chi connectivity index (χ0v) is 9.42. The summed E-state index contributed by atoms with van der Waals surface area (Å²) < 4.78 is 0. The summed E-state index contributed by atoms with van der Waals surface area (Å²) in [4.78, 5) is 0. The van der Waals surface area contributed by atoms with Gasteiger partial charge in [-0.05, 0) is 50.4 Å². The maximum absolute atomic E-state index is 5.49. The first-order valence-electron chi connectivity index (χ1n) is 5.84. The van der Waals surface area contributed by atoms with E-state index >= 15 is 0 Å². The number of hydrogen-bond donors (Lipinski definition) is 2. The molecular weight excluding hydrogens is 184 g/mol. The van der Waals surface area contributed by atoms with Crippen LogP contribution in [0.1, 0.15) is 35.6 Å². The molecule has 0 fully saturated rings. The van der Waals surface area contributed by atoms with Crippen LogP contribution in [0, 0.1) is 6.92 Å². The Hall–Kier alpha value is -0.860. The number of aryl methyl sites for hydroxylation is 2. The fourth-order valence-electron chi connectivity index (χ4n) is 2.31. The first-order chi connectivity index (χ1) is 7.31. The highest BCUT2D eigenvalue weighted by molar-refractivity contribution is 5.37. The van der Waals surface area contributed by atoms with Gasteiger partial charge in [0.05, 0.1) is 0 Å². The summed E-state index contributed by atoms with van der Waals surface area (Å²) in [6.45, 7) is 3.98. The van der Waals surface area contributed by atoms with Gasteiger partial charge >= 0.3 is 0 Å². The number of hydrogen-bond acceptors (Lipinski definition) is 2. The Morgan fingerprint density at radius 3 is 3.13 bits per heavy atom. The topological polar surface area (TPSA) is 38.0 Å². The average molecular weight is 204 g/mol. The average Bonchev–Trinajstić information content (AvgIpc) is 2.62. The van der Waals surface area contributed by atoms with Crippen LogP contribution in [-0.2, 0) is 6.42 Å². The van der Waals surface area contributed by atoms with E-state index in [2.05, 4.69) is 30.4 Å². The number of benzene rings is 1. The fraction of sp³-hybridized carbons (Fsp3) is 0.538. The standard InChI is InChI=1S/C13H20N2/c1-10-3-4-11-5-6-13(12(11)9-10)15-8-2-7-14/h3-4,9,13,15H,2,5-8,14H2,1H3. The normalized spacial score (nSPS) is 19.2. The minimum Gasteiger partial charge on any atom is -0.330 e. The van der Waals surface area contributed by atoms with Crippen LogP contribution < -0.4 is 11.1 Å². The molecule has 82 valence electrons. The second kappa shape index (κ2) is 4.77. The molecule has 0 aliphatic heterocycles. The van der Waals surface area contributed by atoms with Crippen molar-refractivity contribution in [2.45, 2.75) is 32.2 Å².